The zero-order valence-corrected chi connectivity index (χ0v) is 20.8. The summed E-state index contributed by atoms with van der Waals surface area (Å²) in [5.74, 6) is 1.09. The summed E-state index contributed by atoms with van der Waals surface area (Å²) in [6.07, 6.45) is 2.58. The van der Waals surface area contributed by atoms with E-state index in [1.807, 2.05) is 67.6 Å². The van der Waals surface area contributed by atoms with Crippen LogP contribution < -0.4 is 19.7 Å². The molecule has 1 N–H and O–H groups in total. The van der Waals surface area contributed by atoms with Gasteiger partial charge in [0.2, 0.25) is 0 Å². The molecule has 3 aromatic carbocycles. The molecule has 0 atom stereocenters. The third kappa shape index (κ3) is 4.93. The minimum Gasteiger partial charge on any atom is -0.496 e. The second kappa shape index (κ2) is 10.3. The van der Waals surface area contributed by atoms with E-state index in [1.165, 1.54) is 0 Å². The van der Waals surface area contributed by atoms with Gasteiger partial charge in [-0.05, 0) is 78.7 Å². The van der Waals surface area contributed by atoms with Crippen LogP contribution in [0.5, 0.6) is 11.5 Å². The van der Waals surface area contributed by atoms with Crippen LogP contribution in [0, 0.1) is 6.92 Å². The molecule has 3 aromatic rings. The Morgan fingerprint density at radius 2 is 1.82 bits per heavy atom. The minimum absolute atomic E-state index is 0.189. The van der Waals surface area contributed by atoms with E-state index in [2.05, 4.69) is 12.2 Å². The van der Waals surface area contributed by atoms with Crippen molar-refractivity contribution in [3.05, 3.63) is 93.6 Å². The number of amides is 1. The number of anilines is 1. The van der Waals surface area contributed by atoms with Crippen LogP contribution in [0.4, 0.5) is 5.69 Å². The summed E-state index contributed by atoms with van der Waals surface area (Å²) < 4.78 is 11.4. The molecule has 0 radical (unpaired) electrons. The first-order valence-electron chi connectivity index (χ1n) is 10.9. The van der Waals surface area contributed by atoms with E-state index in [0.717, 1.165) is 34.4 Å². The summed E-state index contributed by atoms with van der Waals surface area (Å²) in [6.45, 7) is 4.29. The SMILES string of the molecule is CCc1ccccc1N1C(=O)/C(=C\c2ccc(OC)c(COc3ccc(C)cc3Cl)c2)NC1=S. The quantitative estimate of drug-likeness (QED) is 0.321. The van der Waals surface area contributed by atoms with E-state index in [-0.39, 0.29) is 12.5 Å². The van der Waals surface area contributed by atoms with Gasteiger partial charge in [-0.25, -0.2) is 0 Å². The summed E-state index contributed by atoms with van der Waals surface area (Å²) >= 11 is 11.8. The van der Waals surface area contributed by atoms with Crippen molar-refractivity contribution in [3.8, 4) is 11.5 Å². The van der Waals surface area contributed by atoms with Crippen LogP contribution in [-0.4, -0.2) is 18.1 Å². The Kier molecular flexibility index (Phi) is 7.20. The van der Waals surface area contributed by atoms with Crippen molar-refractivity contribution in [2.24, 2.45) is 0 Å². The predicted molar refractivity (Wildman–Crippen MR) is 141 cm³/mol. The minimum atomic E-state index is -0.189. The smallest absolute Gasteiger partial charge is 0.281 e. The number of benzene rings is 3. The summed E-state index contributed by atoms with van der Waals surface area (Å²) in [5, 5.41) is 3.98. The standard InChI is InChI=1S/C27H25ClN2O3S/c1-4-19-7-5-6-8-23(19)30-26(31)22(29-27(30)34)15-18-10-12-24(32-3)20(14-18)16-33-25-11-9-17(2)13-21(25)28/h5-15H,4,16H2,1-3H3,(H,29,34)/b22-15+. The van der Waals surface area contributed by atoms with Crippen LogP contribution in [0.15, 0.2) is 66.4 Å². The first-order chi connectivity index (χ1) is 16.4. The molecule has 0 spiro atoms. The third-order valence-electron chi connectivity index (χ3n) is 5.58. The van der Waals surface area contributed by atoms with Crippen molar-refractivity contribution in [1.82, 2.24) is 5.32 Å². The second-order valence-corrected chi connectivity index (χ2v) is 8.70. The van der Waals surface area contributed by atoms with E-state index in [9.17, 15) is 4.79 Å². The maximum atomic E-state index is 13.2. The molecule has 34 heavy (non-hydrogen) atoms. The van der Waals surface area contributed by atoms with Gasteiger partial charge < -0.3 is 14.8 Å². The van der Waals surface area contributed by atoms with Gasteiger partial charge >= 0.3 is 0 Å². The summed E-state index contributed by atoms with van der Waals surface area (Å²) in [6, 6.07) is 19.1. The molecule has 7 heteroatoms. The Bertz CT molecular complexity index is 1290. The van der Waals surface area contributed by atoms with E-state index in [1.54, 1.807) is 18.1 Å². The summed E-state index contributed by atoms with van der Waals surface area (Å²) in [5.41, 5.74) is 4.98. The van der Waals surface area contributed by atoms with Crippen molar-refractivity contribution in [2.45, 2.75) is 26.9 Å². The molecule has 174 valence electrons. The van der Waals surface area contributed by atoms with Gasteiger partial charge in [-0.3, -0.25) is 9.69 Å². The maximum Gasteiger partial charge on any atom is 0.281 e. The fourth-order valence-corrected chi connectivity index (χ4v) is 4.41. The van der Waals surface area contributed by atoms with Gasteiger partial charge in [0.15, 0.2) is 5.11 Å². The van der Waals surface area contributed by atoms with Crippen LogP contribution in [0.2, 0.25) is 5.02 Å². The molecule has 1 heterocycles. The average Bonchev–Trinajstić information content (AvgIpc) is 3.11. The largest absolute Gasteiger partial charge is 0.496 e. The first kappa shape index (κ1) is 23.8. The number of rotatable bonds is 7. The molecule has 0 saturated carbocycles. The molecule has 1 aliphatic heterocycles. The molecule has 0 bridgehead atoms. The van der Waals surface area contributed by atoms with Crippen LogP contribution >= 0.6 is 23.8 Å². The van der Waals surface area contributed by atoms with Crippen LogP contribution in [0.1, 0.15) is 29.2 Å². The third-order valence-corrected chi connectivity index (χ3v) is 6.16. The highest BCUT2D eigenvalue weighted by molar-refractivity contribution is 7.80. The number of aryl methyl sites for hydroxylation is 2. The van der Waals surface area contributed by atoms with Gasteiger partial charge in [0.1, 0.15) is 23.8 Å². The average molecular weight is 493 g/mol. The molecule has 1 aliphatic rings. The number of nitrogens with one attached hydrogen (secondary N) is 1. The number of thiocarbonyl (C=S) groups is 1. The number of ether oxygens (including phenoxy) is 2. The second-order valence-electron chi connectivity index (χ2n) is 7.90. The number of para-hydroxylation sites is 1. The molecule has 0 aliphatic carbocycles. The van der Waals surface area contributed by atoms with Crippen molar-refractivity contribution < 1.29 is 14.3 Å². The van der Waals surface area contributed by atoms with Crippen molar-refractivity contribution in [1.29, 1.82) is 0 Å². The van der Waals surface area contributed by atoms with Crippen molar-refractivity contribution >= 4 is 46.6 Å². The highest BCUT2D eigenvalue weighted by Crippen LogP contribution is 2.30. The number of carbonyl (C=O) groups is 1. The Morgan fingerprint density at radius 3 is 2.56 bits per heavy atom. The lowest BCUT2D eigenvalue weighted by molar-refractivity contribution is -0.113. The number of carbonyl (C=O) groups excluding carboxylic acids is 1. The molecule has 1 saturated heterocycles. The van der Waals surface area contributed by atoms with Crippen LogP contribution in [-0.2, 0) is 17.8 Å². The lowest BCUT2D eigenvalue weighted by Crippen LogP contribution is -2.31. The van der Waals surface area contributed by atoms with E-state index >= 15 is 0 Å². The van der Waals surface area contributed by atoms with Crippen LogP contribution in [0.25, 0.3) is 6.08 Å². The van der Waals surface area contributed by atoms with E-state index in [4.69, 9.17) is 33.3 Å². The topological polar surface area (TPSA) is 50.8 Å². The van der Waals surface area contributed by atoms with Gasteiger partial charge in [0.05, 0.1) is 17.8 Å². The predicted octanol–water partition coefficient (Wildman–Crippen LogP) is 6.06. The Hall–Kier alpha value is -3.35. The lowest BCUT2D eigenvalue weighted by Gasteiger charge is -2.17. The molecule has 5 nitrogen and oxygen atoms in total. The van der Waals surface area contributed by atoms with E-state index < -0.39 is 0 Å². The molecule has 1 amide bonds. The Balaban J connectivity index is 1.59. The van der Waals surface area contributed by atoms with Gasteiger partial charge in [0, 0.05) is 5.56 Å². The zero-order valence-electron chi connectivity index (χ0n) is 19.2. The summed E-state index contributed by atoms with van der Waals surface area (Å²) in [4.78, 5) is 14.8. The Labute approximate surface area is 209 Å². The Morgan fingerprint density at radius 1 is 1.06 bits per heavy atom. The zero-order chi connectivity index (χ0) is 24.2. The van der Waals surface area contributed by atoms with Crippen LogP contribution in [0.3, 0.4) is 0 Å². The van der Waals surface area contributed by atoms with Crippen molar-refractivity contribution in [2.75, 3.05) is 12.0 Å². The monoisotopic (exact) mass is 492 g/mol. The van der Waals surface area contributed by atoms with Crippen molar-refractivity contribution in [3.63, 3.8) is 0 Å². The van der Waals surface area contributed by atoms with Gasteiger partial charge in [-0.1, -0.05) is 48.9 Å². The number of hydrogen-bond acceptors (Lipinski definition) is 4. The lowest BCUT2D eigenvalue weighted by atomic mass is 10.1. The number of nitrogens with zero attached hydrogens (tertiary/aromatic N) is 1. The molecule has 0 aromatic heterocycles. The molecular formula is C27H25ClN2O3S. The van der Waals surface area contributed by atoms with Gasteiger partial charge in [-0.2, -0.15) is 0 Å². The number of halogens is 1. The van der Waals surface area contributed by atoms with Gasteiger partial charge in [-0.15, -0.1) is 0 Å². The number of methoxy groups -OCH3 is 1. The summed E-state index contributed by atoms with van der Waals surface area (Å²) in [7, 11) is 1.61. The number of hydrogen-bond donors (Lipinski definition) is 1. The fourth-order valence-electron chi connectivity index (χ4n) is 3.83. The molecule has 4 rings (SSSR count). The first-order valence-corrected chi connectivity index (χ1v) is 11.7. The fraction of sp³-hybridized carbons (Fsp3) is 0.185. The molecular weight excluding hydrogens is 468 g/mol. The maximum absolute atomic E-state index is 13.2. The van der Waals surface area contributed by atoms with E-state index in [0.29, 0.717) is 27.3 Å². The molecule has 1 fully saturated rings. The normalized spacial score (nSPS) is 14.5. The molecule has 0 unspecified atom stereocenters. The highest BCUT2D eigenvalue weighted by Gasteiger charge is 2.33. The van der Waals surface area contributed by atoms with Gasteiger partial charge in [0.25, 0.3) is 5.91 Å². The highest BCUT2D eigenvalue weighted by atomic mass is 35.5.